The third-order valence-electron chi connectivity index (χ3n) is 2.32. The zero-order valence-corrected chi connectivity index (χ0v) is 9.01. The molecule has 14 heavy (non-hydrogen) atoms. The smallest absolute Gasteiger partial charge is 0.119 e. The highest BCUT2D eigenvalue weighted by molar-refractivity contribution is 7.98. The zero-order chi connectivity index (χ0) is 9.97. The number of aliphatic hydroxyl groups is 1. The Hall–Kier alpha value is -0.670. The zero-order valence-electron chi connectivity index (χ0n) is 8.19. The molecule has 0 amide bonds. The van der Waals surface area contributed by atoms with E-state index in [1.807, 2.05) is 19.1 Å². The fraction of sp³-hybridized carbons (Fsp3) is 0.455. The van der Waals surface area contributed by atoms with Gasteiger partial charge in [0.15, 0.2) is 0 Å². The quantitative estimate of drug-likeness (QED) is 0.812. The summed E-state index contributed by atoms with van der Waals surface area (Å²) in [6, 6.07) is 5.99. The largest absolute Gasteiger partial charge is 0.494 e. The number of hydrogen-bond acceptors (Lipinski definition) is 3. The van der Waals surface area contributed by atoms with E-state index in [1.54, 1.807) is 11.8 Å². The first-order chi connectivity index (χ1) is 6.81. The molecule has 2 rings (SSSR count). The summed E-state index contributed by atoms with van der Waals surface area (Å²) < 4.78 is 5.40. The predicted molar refractivity (Wildman–Crippen MR) is 58.7 cm³/mol. The lowest BCUT2D eigenvalue weighted by Crippen LogP contribution is -2.10. The van der Waals surface area contributed by atoms with Crippen LogP contribution in [-0.4, -0.2) is 17.5 Å². The van der Waals surface area contributed by atoms with Gasteiger partial charge in [-0.2, -0.15) is 11.8 Å². The van der Waals surface area contributed by atoms with E-state index < -0.39 is 0 Å². The van der Waals surface area contributed by atoms with Gasteiger partial charge in [-0.1, -0.05) is 6.07 Å². The lowest BCUT2D eigenvalue weighted by Gasteiger charge is -2.21. The molecule has 0 radical (unpaired) electrons. The van der Waals surface area contributed by atoms with Crippen LogP contribution in [0.25, 0.3) is 0 Å². The minimum atomic E-state index is -0.329. The predicted octanol–water partition coefficient (Wildman–Crippen LogP) is 2.37. The first-order valence-electron chi connectivity index (χ1n) is 4.82. The summed E-state index contributed by atoms with van der Waals surface area (Å²) in [5, 5.41) is 9.78. The van der Waals surface area contributed by atoms with Crippen LogP contribution in [0.15, 0.2) is 18.2 Å². The lowest BCUT2D eigenvalue weighted by atomic mass is 10.0. The maximum Gasteiger partial charge on any atom is 0.119 e. The Morgan fingerprint density at radius 2 is 2.43 bits per heavy atom. The summed E-state index contributed by atoms with van der Waals surface area (Å²) >= 11 is 1.77. The summed E-state index contributed by atoms with van der Waals surface area (Å²) in [5.41, 5.74) is 2.27. The highest BCUT2D eigenvalue weighted by Crippen LogP contribution is 2.33. The third kappa shape index (κ3) is 1.88. The van der Waals surface area contributed by atoms with Gasteiger partial charge in [-0.15, -0.1) is 0 Å². The normalized spacial score (nSPS) is 20.3. The average molecular weight is 210 g/mol. The maximum absolute atomic E-state index is 9.78. The van der Waals surface area contributed by atoms with Crippen molar-refractivity contribution in [2.45, 2.75) is 18.8 Å². The second-order valence-electron chi connectivity index (χ2n) is 3.32. The van der Waals surface area contributed by atoms with E-state index in [0.717, 1.165) is 22.8 Å². The van der Waals surface area contributed by atoms with Crippen molar-refractivity contribution < 1.29 is 9.84 Å². The Bertz CT molecular complexity index is 325. The molecule has 0 fully saturated rings. The van der Waals surface area contributed by atoms with Gasteiger partial charge in [0.1, 0.15) is 5.75 Å². The van der Waals surface area contributed by atoms with Crippen molar-refractivity contribution in [3.8, 4) is 5.75 Å². The van der Waals surface area contributed by atoms with E-state index in [1.165, 1.54) is 5.56 Å². The third-order valence-corrected chi connectivity index (χ3v) is 3.39. The van der Waals surface area contributed by atoms with Gasteiger partial charge in [0, 0.05) is 11.5 Å². The van der Waals surface area contributed by atoms with Gasteiger partial charge in [0.25, 0.3) is 0 Å². The molecule has 1 atom stereocenters. The summed E-state index contributed by atoms with van der Waals surface area (Å²) in [6.45, 7) is 2.63. The summed E-state index contributed by atoms with van der Waals surface area (Å²) in [7, 11) is 0. The van der Waals surface area contributed by atoms with Crippen molar-refractivity contribution in [1.82, 2.24) is 0 Å². The van der Waals surface area contributed by atoms with Crippen LogP contribution in [0.2, 0.25) is 0 Å². The molecular weight excluding hydrogens is 196 g/mol. The second kappa shape index (κ2) is 4.24. The Balaban J connectivity index is 2.31. The Labute approximate surface area is 88.3 Å². The number of ether oxygens (including phenoxy) is 1. The molecule has 0 aliphatic carbocycles. The molecule has 1 aliphatic heterocycles. The van der Waals surface area contributed by atoms with Crippen molar-refractivity contribution in [2.75, 3.05) is 12.4 Å². The van der Waals surface area contributed by atoms with Gasteiger partial charge >= 0.3 is 0 Å². The van der Waals surface area contributed by atoms with Gasteiger partial charge in [0.05, 0.1) is 12.7 Å². The first kappa shape index (κ1) is 9.87. The number of thioether (sulfide) groups is 1. The van der Waals surface area contributed by atoms with Gasteiger partial charge in [-0.3, -0.25) is 0 Å². The molecule has 1 aliphatic rings. The van der Waals surface area contributed by atoms with E-state index in [9.17, 15) is 5.11 Å². The van der Waals surface area contributed by atoms with E-state index in [2.05, 4.69) is 6.07 Å². The van der Waals surface area contributed by atoms with Crippen LogP contribution in [0, 0.1) is 0 Å². The minimum Gasteiger partial charge on any atom is -0.494 e. The van der Waals surface area contributed by atoms with Crippen LogP contribution in [0.1, 0.15) is 24.2 Å². The summed E-state index contributed by atoms with van der Waals surface area (Å²) in [4.78, 5) is 0. The van der Waals surface area contributed by atoms with Gasteiger partial charge in [-0.25, -0.2) is 0 Å². The van der Waals surface area contributed by atoms with E-state index in [0.29, 0.717) is 6.61 Å². The first-order valence-corrected chi connectivity index (χ1v) is 5.98. The van der Waals surface area contributed by atoms with Crippen molar-refractivity contribution >= 4 is 11.8 Å². The Morgan fingerprint density at radius 3 is 3.21 bits per heavy atom. The van der Waals surface area contributed by atoms with Crippen LogP contribution in [0.3, 0.4) is 0 Å². The monoisotopic (exact) mass is 210 g/mol. The van der Waals surface area contributed by atoms with Crippen LogP contribution < -0.4 is 4.74 Å². The number of fused-ring (bicyclic) bond motifs is 1. The fourth-order valence-electron chi connectivity index (χ4n) is 1.64. The molecule has 1 aromatic rings. The molecule has 1 aromatic carbocycles. The van der Waals surface area contributed by atoms with Crippen LogP contribution in [-0.2, 0) is 5.75 Å². The van der Waals surface area contributed by atoms with Crippen LogP contribution in [0.4, 0.5) is 0 Å². The number of rotatable bonds is 2. The molecule has 0 aromatic heterocycles. The maximum atomic E-state index is 9.78. The van der Waals surface area contributed by atoms with Crippen molar-refractivity contribution in [1.29, 1.82) is 0 Å². The number of hydrogen-bond donors (Lipinski definition) is 1. The Kier molecular flexibility index (Phi) is 2.99. The molecule has 0 bridgehead atoms. The molecule has 1 N–H and O–H groups in total. The molecule has 3 heteroatoms. The van der Waals surface area contributed by atoms with E-state index >= 15 is 0 Å². The topological polar surface area (TPSA) is 29.5 Å². The van der Waals surface area contributed by atoms with Crippen molar-refractivity contribution in [3.05, 3.63) is 29.3 Å². The second-order valence-corrected chi connectivity index (χ2v) is 4.35. The molecule has 0 spiro atoms. The minimum absolute atomic E-state index is 0.329. The van der Waals surface area contributed by atoms with E-state index in [4.69, 9.17) is 4.74 Å². The van der Waals surface area contributed by atoms with Crippen LogP contribution in [0.5, 0.6) is 5.75 Å². The number of aliphatic hydroxyl groups excluding tert-OH is 1. The summed E-state index contributed by atoms with van der Waals surface area (Å²) in [5.74, 6) is 2.65. The molecule has 0 saturated heterocycles. The van der Waals surface area contributed by atoms with Crippen molar-refractivity contribution in [2.24, 2.45) is 0 Å². The molecule has 0 unspecified atom stereocenters. The highest BCUT2D eigenvalue weighted by atomic mass is 32.2. The standard InChI is InChI=1S/C11H14O2S/c1-2-13-9-4-3-8-6-14-7-11(12)10(8)5-9/h3-5,11-12H,2,6-7H2,1H3/t11-/m0/s1. The number of benzene rings is 1. The molecule has 2 nitrogen and oxygen atoms in total. The molecular formula is C11H14O2S. The lowest BCUT2D eigenvalue weighted by molar-refractivity contribution is 0.201. The Morgan fingerprint density at radius 1 is 1.57 bits per heavy atom. The molecule has 76 valence electrons. The van der Waals surface area contributed by atoms with Gasteiger partial charge in [-0.05, 0) is 30.2 Å². The van der Waals surface area contributed by atoms with Gasteiger partial charge in [0.2, 0.25) is 0 Å². The van der Waals surface area contributed by atoms with Gasteiger partial charge < -0.3 is 9.84 Å². The highest BCUT2D eigenvalue weighted by Gasteiger charge is 2.18. The van der Waals surface area contributed by atoms with Crippen molar-refractivity contribution in [3.63, 3.8) is 0 Å². The molecule has 0 saturated carbocycles. The fourth-order valence-corrected chi connectivity index (χ4v) is 2.64. The molecule has 1 heterocycles. The van der Waals surface area contributed by atoms with E-state index in [-0.39, 0.29) is 6.10 Å². The average Bonchev–Trinajstić information content (AvgIpc) is 2.20. The summed E-state index contributed by atoms with van der Waals surface area (Å²) in [6.07, 6.45) is -0.329. The SMILES string of the molecule is CCOc1ccc2c(c1)[C@@H](O)CSC2. The van der Waals surface area contributed by atoms with Crippen LogP contribution >= 0.6 is 11.8 Å².